The Morgan fingerprint density at radius 2 is 1.72 bits per heavy atom. The highest BCUT2D eigenvalue weighted by Gasteiger charge is 2.18. The van der Waals surface area contributed by atoms with Crippen LogP contribution in [0.25, 0.3) is 0 Å². The van der Waals surface area contributed by atoms with Gasteiger partial charge in [-0.3, -0.25) is 10.1 Å². The number of rotatable bonds is 5. The van der Waals surface area contributed by atoms with E-state index >= 15 is 0 Å². The number of carboxylic acids is 2. The molecule has 0 bridgehead atoms. The third-order valence-electron chi connectivity index (χ3n) is 2.14. The SMILES string of the molecule is CCNc1cc(C(=O)[O-])c(C(=O)[O-])cc1[N+](=O)[O-]. The number of nitro benzene ring substituents is 1. The van der Waals surface area contributed by atoms with Crippen molar-refractivity contribution in [2.24, 2.45) is 0 Å². The standard InChI is InChI=1S/C10H10N2O6/c1-2-11-7-3-5(9(13)14)6(10(15)16)4-8(7)12(17)18/h3-4,11H,2H2,1H3,(H,13,14)(H,15,16)/p-2. The van der Waals surface area contributed by atoms with Gasteiger partial charge in [0.2, 0.25) is 0 Å². The van der Waals surface area contributed by atoms with Gasteiger partial charge in [0.15, 0.2) is 0 Å². The molecule has 1 N–H and O–H groups in total. The fourth-order valence-corrected chi connectivity index (χ4v) is 1.41. The van der Waals surface area contributed by atoms with Gasteiger partial charge in [-0.25, -0.2) is 0 Å². The molecule has 1 aromatic rings. The van der Waals surface area contributed by atoms with Gasteiger partial charge >= 0.3 is 0 Å². The van der Waals surface area contributed by atoms with E-state index in [1.54, 1.807) is 6.92 Å². The van der Waals surface area contributed by atoms with Crippen molar-refractivity contribution in [1.29, 1.82) is 0 Å². The number of anilines is 1. The van der Waals surface area contributed by atoms with Gasteiger partial charge in [-0.15, -0.1) is 0 Å². The lowest BCUT2D eigenvalue weighted by Crippen LogP contribution is -2.30. The summed E-state index contributed by atoms with van der Waals surface area (Å²) in [6.45, 7) is 1.95. The van der Waals surface area contributed by atoms with Crippen molar-refractivity contribution in [3.05, 3.63) is 33.4 Å². The zero-order valence-electron chi connectivity index (χ0n) is 9.26. The molecule has 96 valence electrons. The molecule has 0 fully saturated rings. The number of nitrogens with zero attached hydrogens (tertiary/aromatic N) is 1. The van der Waals surface area contributed by atoms with Crippen molar-refractivity contribution in [3.8, 4) is 0 Å². The lowest BCUT2D eigenvalue weighted by molar-refractivity contribution is -0.384. The molecule has 0 saturated carbocycles. The summed E-state index contributed by atoms with van der Waals surface area (Å²) >= 11 is 0. The topological polar surface area (TPSA) is 135 Å². The van der Waals surface area contributed by atoms with Gasteiger partial charge in [-0.2, -0.15) is 0 Å². The predicted molar refractivity (Wildman–Crippen MR) is 55.9 cm³/mol. The maximum atomic E-state index is 10.8. The molecule has 18 heavy (non-hydrogen) atoms. The van der Waals surface area contributed by atoms with Crippen molar-refractivity contribution in [1.82, 2.24) is 0 Å². The predicted octanol–water partition coefficient (Wildman–Crippen LogP) is -1.25. The van der Waals surface area contributed by atoms with Crippen LogP contribution in [0.3, 0.4) is 0 Å². The molecular formula is C10H8N2O6-2. The number of nitrogens with one attached hydrogen (secondary N) is 1. The average Bonchev–Trinajstić information content (AvgIpc) is 2.28. The number of carboxylic acid groups (broad SMARTS) is 2. The Bertz CT molecular complexity index is 525. The van der Waals surface area contributed by atoms with E-state index in [1.807, 2.05) is 0 Å². The summed E-state index contributed by atoms with van der Waals surface area (Å²) in [4.78, 5) is 31.4. The minimum absolute atomic E-state index is 0.0910. The molecule has 0 atom stereocenters. The molecule has 0 amide bonds. The maximum absolute atomic E-state index is 10.8. The van der Waals surface area contributed by atoms with E-state index in [4.69, 9.17) is 0 Å². The summed E-state index contributed by atoms with van der Waals surface area (Å²) < 4.78 is 0. The van der Waals surface area contributed by atoms with Gasteiger partial charge in [0.05, 0.1) is 16.9 Å². The molecule has 8 heteroatoms. The second-order valence-corrected chi connectivity index (χ2v) is 3.28. The number of carbonyl (C=O) groups is 2. The molecule has 0 aliphatic rings. The van der Waals surface area contributed by atoms with E-state index < -0.39 is 33.7 Å². The first-order chi connectivity index (χ1) is 8.38. The number of hydrogen-bond donors (Lipinski definition) is 1. The molecule has 0 radical (unpaired) electrons. The second kappa shape index (κ2) is 5.13. The van der Waals surface area contributed by atoms with Gasteiger partial charge < -0.3 is 25.1 Å². The third-order valence-corrected chi connectivity index (χ3v) is 2.14. The van der Waals surface area contributed by atoms with Gasteiger partial charge in [-0.1, -0.05) is 0 Å². The summed E-state index contributed by atoms with van der Waals surface area (Å²) in [5.41, 5.74) is -2.09. The first kappa shape index (κ1) is 13.4. The minimum atomic E-state index is -1.82. The second-order valence-electron chi connectivity index (χ2n) is 3.28. The van der Waals surface area contributed by atoms with Crippen LogP contribution < -0.4 is 15.5 Å². The van der Waals surface area contributed by atoms with Crippen molar-refractivity contribution >= 4 is 23.3 Å². The zero-order chi connectivity index (χ0) is 13.9. The van der Waals surface area contributed by atoms with Crippen molar-refractivity contribution in [2.75, 3.05) is 11.9 Å². The smallest absolute Gasteiger partial charge is 0.293 e. The Hall–Kier alpha value is -2.64. The summed E-state index contributed by atoms with van der Waals surface area (Å²) in [5, 5.41) is 34.8. The van der Waals surface area contributed by atoms with E-state index in [-0.39, 0.29) is 5.69 Å². The Kier molecular flexibility index (Phi) is 3.82. The molecule has 0 aliphatic heterocycles. The average molecular weight is 252 g/mol. The molecule has 0 spiro atoms. The van der Waals surface area contributed by atoms with Gasteiger partial charge in [-0.05, 0) is 13.0 Å². The minimum Gasteiger partial charge on any atom is -0.545 e. The first-order valence-electron chi connectivity index (χ1n) is 4.87. The zero-order valence-corrected chi connectivity index (χ0v) is 9.26. The largest absolute Gasteiger partial charge is 0.545 e. The Morgan fingerprint density at radius 1 is 1.22 bits per heavy atom. The normalized spacial score (nSPS) is 9.83. The Morgan fingerprint density at radius 3 is 2.11 bits per heavy atom. The van der Waals surface area contributed by atoms with E-state index in [2.05, 4.69) is 5.32 Å². The highest BCUT2D eigenvalue weighted by Crippen LogP contribution is 2.28. The van der Waals surface area contributed by atoms with Crippen LogP contribution in [0.4, 0.5) is 11.4 Å². The summed E-state index contributed by atoms with van der Waals surface area (Å²) in [7, 11) is 0. The van der Waals surface area contributed by atoms with E-state index in [9.17, 15) is 29.9 Å². The van der Waals surface area contributed by atoms with Crippen LogP contribution >= 0.6 is 0 Å². The fourth-order valence-electron chi connectivity index (χ4n) is 1.41. The lowest BCUT2D eigenvalue weighted by Gasteiger charge is -2.14. The van der Waals surface area contributed by atoms with Crippen molar-refractivity contribution in [3.63, 3.8) is 0 Å². The van der Waals surface area contributed by atoms with Crippen LogP contribution in [0.1, 0.15) is 27.6 Å². The molecule has 0 unspecified atom stereocenters. The van der Waals surface area contributed by atoms with E-state index in [0.29, 0.717) is 12.6 Å². The molecular weight excluding hydrogens is 244 g/mol. The highest BCUT2D eigenvalue weighted by atomic mass is 16.6. The summed E-state index contributed by atoms with van der Waals surface area (Å²) in [5.74, 6) is -3.57. The number of nitro groups is 1. The van der Waals surface area contributed by atoms with Gasteiger partial charge in [0, 0.05) is 23.7 Å². The van der Waals surface area contributed by atoms with Crippen molar-refractivity contribution < 1.29 is 24.7 Å². The number of aromatic carboxylic acids is 2. The van der Waals surface area contributed by atoms with Crippen LogP contribution in [-0.4, -0.2) is 23.4 Å². The summed E-state index contributed by atoms with van der Waals surface area (Å²) in [6, 6.07) is 1.49. The van der Waals surface area contributed by atoms with Crippen LogP contribution in [-0.2, 0) is 0 Å². The maximum Gasteiger partial charge on any atom is 0.293 e. The van der Waals surface area contributed by atoms with E-state index in [0.717, 1.165) is 6.07 Å². The Balaban J connectivity index is 3.54. The Labute approximate surface area is 101 Å². The number of carbonyl (C=O) groups excluding carboxylic acids is 2. The molecule has 0 heterocycles. The van der Waals surface area contributed by atoms with Crippen LogP contribution in [0.5, 0.6) is 0 Å². The monoisotopic (exact) mass is 252 g/mol. The van der Waals surface area contributed by atoms with Gasteiger partial charge in [0.1, 0.15) is 5.69 Å². The number of benzene rings is 1. The van der Waals surface area contributed by atoms with E-state index in [1.165, 1.54) is 0 Å². The molecule has 8 nitrogen and oxygen atoms in total. The number of hydrogen-bond acceptors (Lipinski definition) is 7. The fraction of sp³-hybridized carbons (Fsp3) is 0.200. The lowest BCUT2D eigenvalue weighted by atomic mass is 10.0. The van der Waals surface area contributed by atoms with Crippen LogP contribution in [0.15, 0.2) is 12.1 Å². The molecule has 0 aliphatic carbocycles. The molecule has 0 aromatic heterocycles. The summed E-state index contributed by atoms with van der Waals surface area (Å²) in [6.07, 6.45) is 0. The molecule has 0 saturated heterocycles. The molecule has 1 aromatic carbocycles. The van der Waals surface area contributed by atoms with Crippen LogP contribution in [0.2, 0.25) is 0 Å². The quantitative estimate of drug-likeness (QED) is 0.510. The third kappa shape index (κ3) is 2.54. The van der Waals surface area contributed by atoms with Crippen LogP contribution in [0, 0.1) is 10.1 Å². The van der Waals surface area contributed by atoms with Gasteiger partial charge in [0.25, 0.3) is 5.69 Å². The first-order valence-corrected chi connectivity index (χ1v) is 4.87. The highest BCUT2D eigenvalue weighted by molar-refractivity contribution is 6.02. The molecule has 1 rings (SSSR count). The van der Waals surface area contributed by atoms with Crippen molar-refractivity contribution in [2.45, 2.75) is 6.92 Å².